The molecule has 0 saturated carbocycles. The largest absolute Gasteiger partial charge is 0.489 e. The van der Waals surface area contributed by atoms with Crippen molar-refractivity contribution in [2.24, 2.45) is 0 Å². The summed E-state index contributed by atoms with van der Waals surface area (Å²) in [7, 11) is 3.04. The van der Waals surface area contributed by atoms with Gasteiger partial charge in [0, 0.05) is 23.6 Å². The number of fused-ring (bicyclic) bond motifs is 2. The maximum Gasteiger partial charge on any atom is 0.333 e. The molecule has 3 aromatic heterocycles. The van der Waals surface area contributed by atoms with Gasteiger partial charge in [-0.2, -0.15) is 0 Å². The third kappa shape index (κ3) is 6.36. The number of rotatable bonds is 8. The summed E-state index contributed by atoms with van der Waals surface area (Å²) in [6.45, 7) is -1.37. The van der Waals surface area contributed by atoms with Crippen molar-refractivity contribution < 1.29 is 52.1 Å². The molecule has 5 rings (SSSR count). The molecule has 0 fully saturated rings. The van der Waals surface area contributed by atoms with Crippen LogP contribution in [-0.4, -0.2) is 77.1 Å². The van der Waals surface area contributed by atoms with Crippen LogP contribution in [0.15, 0.2) is 53.6 Å². The number of nitrogens with one attached hydrogen (secondary N) is 1. The van der Waals surface area contributed by atoms with E-state index in [4.69, 9.17) is 17.3 Å². The molecule has 3 unspecified atom stereocenters. The van der Waals surface area contributed by atoms with E-state index in [2.05, 4.69) is 20.3 Å². The van der Waals surface area contributed by atoms with Crippen LogP contribution in [0.1, 0.15) is 28.2 Å². The van der Waals surface area contributed by atoms with Gasteiger partial charge in [0.1, 0.15) is 6.67 Å². The summed E-state index contributed by atoms with van der Waals surface area (Å²) in [6, 6.07) is 9.21. The summed E-state index contributed by atoms with van der Waals surface area (Å²) in [6.07, 6.45) is 1.26. The Kier molecular flexibility index (Phi) is 8.59. The van der Waals surface area contributed by atoms with Crippen molar-refractivity contribution >= 4 is 35.5 Å². The van der Waals surface area contributed by atoms with Crippen molar-refractivity contribution in [3.8, 4) is 22.9 Å². The van der Waals surface area contributed by atoms with Crippen LogP contribution >= 0.6 is 0 Å². The number of hydrogen-bond donors (Lipinski definition) is 5. The van der Waals surface area contributed by atoms with E-state index in [1.165, 1.54) is 30.5 Å². The zero-order valence-corrected chi connectivity index (χ0v) is 23.2. The lowest BCUT2D eigenvalue weighted by molar-refractivity contribution is -0.408. The van der Waals surface area contributed by atoms with E-state index in [-0.39, 0.29) is 52.7 Å². The molecule has 17 heteroatoms. The first-order valence-corrected chi connectivity index (χ1v) is 14.0. The quantitative estimate of drug-likeness (QED) is 0.139. The fourth-order valence-corrected chi connectivity index (χ4v) is 5.27. The number of aliphatic hydroxyl groups is 4. The average molecular weight is 630 g/mol. The minimum Gasteiger partial charge on any atom is -0.489 e. The van der Waals surface area contributed by atoms with Crippen LogP contribution in [0.4, 0.5) is 13.2 Å². The molecule has 4 aromatic rings. The number of benzene rings is 1. The van der Waals surface area contributed by atoms with Gasteiger partial charge in [-0.15, -0.1) is 0 Å². The van der Waals surface area contributed by atoms with E-state index < -0.39 is 52.2 Å². The van der Waals surface area contributed by atoms with E-state index in [0.717, 1.165) is 12.1 Å². The summed E-state index contributed by atoms with van der Waals surface area (Å²) >= 11 is 0. The van der Waals surface area contributed by atoms with Gasteiger partial charge >= 0.3 is 5.97 Å². The zero-order valence-electron chi connectivity index (χ0n) is 22.4. The highest BCUT2D eigenvalue weighted by Gasteiger charge is 2.46. The first-order valence-electron chi connectivity index (χ1n) is 12.8. The van der Waals surface area contributed by atoms with Gasteiger partial charge < -0.3 is 35.2 Å². The smallest absolute Gasteiger partial charge is 0.333 e. The number of halogens is 3. The number of alkyl halides is 2. The van der Waals surface area contributed by atoms with Crippen LogP contribution in [-0.2, 0) is 24.0 Å². The molecular weight excluding hydrogens is 608 g/mol. The van der Waals surface area contributed by atoms with Gasteiger partial charge in [0.15, 0.2) is 24.9 Å². The monoisotopic (exact) mass is 630 g/mol. The molecular formula is C27H22BF3N4O8S. The van der Waals surface area contributed by atoms with Crippen molar-refractivity contribution in [1.82, 2.24) is 20.3 Å². The zero-order chi connectivity index (χ0) is 31.8. The third-order valence-electron chi connectivity index (χ3n) is 6.44. The van der Waals surface area contributed by atoms with Crippen molar-refractivity contribution in [3.05, 3.63) is 71.4 Å². The van der Waals surface area contributed by atoms with Crippen molar-refractivity contribution in [3.63, 3.8) is 0 Å². The summed E-state index contributed by atoms with van der Waals surface area (Å²) in [5.41, 5.74) is -4.81. The highest BCUT2D eigenvalue weighted by Crippen LogP contribution is 2.34. The fraction of sp³-hybridized carbons (Fsp3) is 0.259. The van der Waals surface area contributed by atoms with Gasteiger partial charge in [-0.3, -0.25) is 14.0 Å². The molecule has 5 N–H and O–H groups in total. The normalized spacial score (nSPS) is 18.1. The van der Waals surface area contributed by atoms with E-state index in [9.17, 15) is 42.6 Å². The Morgan fingerprint density at radius 2 is 1.91 bits per heavy atom. The molecule has 228 valence electrons. The van der Waals surface area contributed by atoms with Gasteiger partial charge in [0.25, 0.3) is 5.91 Å². The van der Waals surface area contributed by atoms with Crippen LogP contribution in [0.5, 0.6) is 11.6 Å². The van der Waals surface area contributed by atoms with Crippen LogP contribution in [0.2, 0.25) is 0 Å². The summed E-state index contributed by atoms with van der Waals surface area (Å²) in [5.74, 6) is -6.57. The van der Waals surface area contributed by atoms with E-state index in [0.29, 0.717) is 16.6 Å². The second kappa shape index (κ2) is 12.1. The van der Waals surface area contributed by atoms with Crippen LogP contribution in [0.3, 0.4) is 0 Å². The molecule has 1 aliphatic rings. The number of amides is 1. The highest BCUT2D eigenvalue weighted by atomic mass is 32.2. The molecule has 44 heavy (non-hydrogen) atoms. The molecule has 1 aliphatic heterocycles. The Morgan fingerprint density at radius 1 is 1.14 bits per heavy atom. The first-order chi connectivity index (χ1) is 20.8. The maximum absolute atomic E-state index is 14.6. The molecule has 1 amide bonds. The Morgan fingerprint density at radius 3 is 2.64 bits per heavy atom. The van der Waals surface area contributed by atoms with Gasteiger partial charge in [-0.05, 0) is 42.5 Å². The predicted molar refractivity (Wildman–Crippen MR) is 147 cm³/mol. The SMILES string of the molecule is [B]C(O)(Oc1nc(CF)ccc1-c1ccc2cnc(CNC(=O)c3cc(F)c4c(c3)S(=O)C(F)CCO4)cc2n1)C(O)(O)O. The Balaban J connectivity index is 1.40. The lowest BCUT2D eigenvalue weighted by Crippen LogP contribution is -2.59. The van der Waals surface area contributed by atoms with Crippen molar-refractivity contribution in [2.45, 2.75) is 41.7 Å². The predicted octanol–water partition coefficient (Wildman–Crippen LogP) is 1.24. The molecule has 3 atom stereocenters. The fourth-order valence-electron chi connectivity index (χ4n) is 4.11. The summed E-state index contributed by atoms with van der Waals surface area (Å²) < 4.78 is 64.6. The standard InChI is InChI=1S/C27H22BF3N4O8S/c28-26(37,27(38,39)40)43-25-17(3-2-15(10-29)34-25)19-4-1-13-11-32-16(9-20(13)35-19)12-33-24(36)14-7-18(30)23-21(8-14)44(41)22(31)5-6-42-23/h1-4,7-9,11,22,37-40H,5-6,10,12H2,(H,33,36). The van der Waals surface area contributed by atoms with E-state index >= 15 is 0 Å². The van der Waals surface area contributed by atoms with E-state index in [1.54, 1.807) is 6.07 Å². The summed E-state index contributed by atoms with van der Waals surface area (Å²) in [4.78, 5) is 25.1. The molecule has 0 bridgehead atoms. The minimum absolute atomic E-state index is 0.0195. The Labute approximate surface area is 250 Å². The first kappa shape index (κ1) is 31.3. The van der Waals surface area contributed by atoms with Gasteiger partial charge in [0.2, 0.25) is 11.6 Å². The number of carbonyl (C=O) groups excluding carboxylic acids is 1. The third-order valence-corrected chi connectivity index (χ3v) is 7.87. The number of nitrogens with zero attached hydrogens (tertiary/aromatic N) is 3. The van der Waals surface area contributed by atoms with Crippen LogP contribution in [0, 0.1) is 5.82 Å². The summed E-state index contributed by atoms with van der Waals surface area (Å²) in [5, 5.41) is 41.1. The molecule has 0 spiro atoms. The second-order valence-corrected chi connectivity index (χ2v) is 11.1. The van der Waals surface area contributed by atoms with Crippen molar-refractivity contribution in [2.75, 3.05) is 6.61 Å². The highest BCUT2D eigenvalue weighted by molar-refractivity contribution is 7.85. The molecule has 2 radical (unpaired) electrons. The Hall–Kier alpha value is -4.16. The maximum atomic E-state index is 14.6. The van der Waals surface area contributed by atoms with Gasteiger partial charge in [-0.25, -0.2) is 23.1 Å². The number of aromatic nitrogens is 3. The average Bonchev–Trinajstić information content (AvgIpc) is 3.12. The molecule has 0 aliphatic carbocycles. The molecule has 12 nitrogen and oxygen atoms in total. The second-order valence-electron chi connectivity index (χ2n) is 9.60. The van der Waals surface area contributed by atoms with Crippen LogP contribution < -0.4 is 14.8 Å². The van der Waals surface area contributed by atoms with Crippen molar-refractivity contribution in [1.29, 1.82) is 0 Å². The lowest BCUT2D eigenvalue weighted by atomic mass is 9.92. The number of hydrogen-bond acceptors (Lipinski definition) is 11. The molecule has 1 aromatic carbocycles. The Bertz CT molecular complexity index is 1780. The van der Waals surface area contributed by atoms with Crippen LogP contribution in [0.25, 0.3) is 22.2 Å². The topological polar surface area (TPSA) is 184 Å². The van der Waals surface area contributed by atoms with Gasteiger partial charge in [0.05, 0.1) is 57.0 Å². The molecule has 0 saturated heterocycles. The molecule has 4 heterocycles. The number of carbonyl (C=O) groups is 1. The van der Waals surface area contributed by atoms with Gasteiger partial charge in [-0.1, -0.05) is 0 Å². The number of pyridine rings is 3. The minimum atomic E-state index is -3.91. The van der Waals surface area contributed by atoms with E-state index in [1.807, 2.05) is 0 Å². The lowest BCUT2D eigenvalue weighted by Gasteiger charge is -2.32. The number of ether oxygens (including phenoxy) is 2.